The van der Waals surface area contributed by atoms with Gasteiger partial charge in [0.2, 0.25) is 0 Å². The highest BCUT2D eigenvalue weighted by molar-refractivity contribution is 5.97. The number of nitrogens with one attached hydrogen (secondary N) is 2. The zero-order valence-electron chi connectivity index (χ0n) is 26.0. The largest absolute Gasteiger partial charge is 0.494 e. The quantitative estimate of drug-likeness (QED) is 0.105. The first-order valence-electron chi connectivity index (χ1n) is 15.3. The van der Waals surface area contributed by atoms with Crippen molar-refractivity contribution in [1.82, 2.24) is 15.6 Å². The van der Waals surface area contributed by atoms with Gasteiger partial charge in [-0.2, -0.15) is 0 Å². The number of carbonyl (C=O) groups excluding carboxylic acids is 2. The average Bonchev–Trinajstić information content (AvgIpc) is 3.03. The lowest BCUT2D eigenvalue weighted by molar-refractivity contribution is 0.0939. The van der Waals surface area contributed by atoms with Crippen LogP contribution in [-0.4, -0.2) is 36.1 Å². The Morgan fingerprint density at radius 2 is 1.14 bits per heavy atom. The lowest BCUT2D eigenvalue weighted by atomic mass is 10.2. The number of amides is 2. The van der Waals surface area contributed by atoms with Crippen molar-refractivity contribution in [2.24, 2.45) is 0 Å². The van der Waals surface area contributed by atoms with Crippen molar-refractivity contribution in [2.75, 3.05) is 13.2 Å². The Balaban J connectivity index is 1.56. The number of nitrogens with zero attached hydrogens (tertiary/aromatic N) is 1. The number of benzene rings is 2. The first-order valence-corrected chi connectivity index (χ1v) is 15.3. The van der Waals surface area contributed by atoms with Crippen molar-refractivity contribution in [3.05, 3.63) is 108 Å². The summed E-state index contributed by atoms with van der Waals surface area (Å²) >= 11 is 0. The maximum absolute atomic E-state index is 13.1. The van der Waals surface area contributed by atoms with E-state index in [1.54, 1.807) is 12.1 Å². The van der Waals surface area contributed by atoms with Gasteiger partial charge >= 0.3 is 0 Å². The number of ether oxygens (including phenoxy) is 3. The SMILES string of the molecule is C=CCCCCOc1ccc(CNC(=O)c2cc(OC(C)C)cc(C(=O)NCc3ccc(OCCCCC=C)cc3)n2)cc1. The molecule has 8 heteroatoms. The van der Waals surface area contributed by atoms with E-state index in [2.05, 4.69) is 28.8 Å². The van der Waals surface area contributed by atoms with E-state index < -0.39 is 11.8 Å². The first kappa shape index (κ1) is 33.9. The summed E-state index contributed by atoms with van der Waals surface area (Å²) in [5.74, 6) is 1.16. The highest BCUT2D eigenvalue weighted by Gasteiger charge is 2.16. The van der Waals surface area contributed by atoms with E-state index in [0.29, 0.717) is 32.1 Å². The van der Waals surface area contributed by atoms with Gasteiger partial charge in [0.25, 0.3) is 11.8 Å². The fourth-order valence-electron chi connectivity index (χ4n) is 4.19. The van der Waals surface area contributed by atoms with E-state index in [1.165, 1.54) is 0 Å². The molecule has 1 aromatic heterocycles. The van der Waals surface area contributed by atoms with Crippen LogP contribution in [0.4, 0.5) is 0 Å². The zero-order valence-corrected chi connectivity index (χ0v) is 26.0. The van der Waals surface area contributed by atoms with Crippen molar-refractivity contribution in [3.63, 3.8) is 0 Å². The van der Waals surface area contributed by atoms with Crippen LogP contribution < -0.4 is 24.8 Å². The number of pyridine rings is 1. The van der Waals surface area contributed by atoms with Gasteiger partial charge in [0.1, 0.15) is 28.6 Å². The van der Waals surface area contributed by atoms with Gasteiger partial charge in [-0.3, -0.25) is 9.59 Å². The highest BCUT2D eigenvalue weighted by atomic mass is 16.5. The minimum Gasteiger partial charge on any atom is -0.494 e. The Morgan fingerprint density at radius 1 is 0.705 bits per heavy atom. The second-order valence-corrected chi connectivity index (χ2v) is 10.7. The van der Waals surface area contributed by atoms with Crippen LogP contribution in [-0.2, 0) is 13.1 Å². The minimum atomic E-state index is -0.407. The maximum atomic E-state index is 13.1. The van der Waals surface area contributed by atoms with Gasteiger partial charge in [-0.15, -0.1) is 13.2 Å². The predicted octanol–water partition coefficient (Wildman–Crippen LogP) is 7.20. The number of carbonyl (C=O) groups is 2. The molecule has 234 valence electrons. The molecule has 0 aliphatic carbocycles. The summed E-state index contributed by atoms with van der Waals surface area (Å²) in [4.78, 5) is 30.5. The predicted molar refractivity (Wildman–Crippen MR) is 174 cm³/mol. The third-order valence-corrected chi connectivity index (χ3v) is 6.53. The highest BCUT2D eigenvalue weighted by Crippen LogP contribution is 2.18. The smallest absolute Gasteiger partial charge is 0.270 e. The second kappa shape index (κ2) is 18.8. The van der Waals surface area contributed by atoms with Crippen molar-refractivity contribution >= 4 is 11.8 Å². The Kier molecular flexibility index (Phi) is 14.5. The number of unbranched alkanes of at least 4 members (excludes halogenated alkanes) is 4. The third-order valence-electron chi connectivity index (χ3n) is 6.53. The Hall–Kier alpha value is -4.59. The van der Waals surface area contributed by atoms with Crippen LogP contribution in [0.5, 0.6) is 17.2 Å². The number of hydrogen-bond donors (Lipinski definition) is 2. The maximum Gasteiger partial charge on any atom is 0.270 e. The summed E-state index contributed by atoms with van der Waals surface area (Å²) in [5, 5.41) is 5.76. The first-order chi connectivity index (χ1) is 21.4. The van der Waals surface area contributed by atoms with Gasteiger partial charge < -0.3 is 24.8 Å². The fraction of sp³-hybridized carbons (Fsp3) is 0.361. The van der Waals surface area contributed by atoms with Crippen LogP contribution in [0.2, 0.25) is 0 Å². The molecule has 0 saturated carbocycles. The molecule has 2 aromatic carbocycles. The molecule has 0 saturated heterocycles. The molecule has 0 atom stereocenters. The molecule has 3 rings (SSSR count). The van der Waals surface area contributed by atoms with Crippen LogP contribution in [0.3, 0.4) is 0 Å². The lowest BCUT2D eigenvalue weighted by Crippen LogP contribution is -2.27. The van der Waals surface area contributed by atoms with Gasteiger partial charge in [-0.25, -0.2) is 4.98 Å². The molecular weight excluding hydrogens is 554 g/mol. The number of rotatable bonds is 20. The van der Waals surface area contributed by atoms with E-state index >= 15 is 0 Å². The average molecular weight is 600 g/mol. The molecule has 0 bridgehead atoms. The number of aromatic nitrogens is 1. The lowest BCUT2D eigenvalue weighted by Gasteiger charge is -2.13. The Bertz CT molecular complexity index is 1240. The van der Waals surface area contributed by atoms with Crippen LogP contribution >= 0.6 is 0 Å². The van der Waals surface area contributed by atoms with E-state index in [0.717, 1.165) is 61.2 Å². The van der Waals surface area contributed by atoms with Crippen LogP contribution in [0.15, 0.2) is 86.0 Å². The Morgan fingerprint density at radius 3 is 1.52 bits per heavy atom. The monoisotopic (exact) mass is 599 g/mol. The van der Waals surface area contributed by atoms with Crippen molar-refractivity contribution in [3.8, 4) is 17.2 Å². The molecule has 2 amide bonds. The van der Waals surface area contributed by atoms with Gasteiger partial charge in [-0.1, -0.05) is 36.4 Å². The Labute approximate surface area is 261 Å². The summed E-state index contributed by atoms with van der Waals surface area (Å²) in [6.07, 6.45) is 9.68. The van der Waals surface area contributed by atoms with Crippen LogP contribution in [0.25, 0.3) is 0 Å². The van der Waals surface area contributed by atoms with Gasteiger partial charge in [0.05, 0.1) is 19.3 Å². The summed E-state index contributed by atoms with van der Waals surface area (Å²) < 4.78 is 17.4. The van der Waals surface area contributed by atoms with E-state index in [1.807, 2.05) is 74.5 Å². The van der Waals surface area contributed by atoms with Gasteiger partial charge in [0.15, 0.2) is 0 Å². The number of hydrogen-bond acceptors (Lipinski definition) is 6. The van der Waals surface area contributed by atoms with E-state index in [-0.39, 0.29) is 17.5 Å². The molecule has 0 fully saturated rings. The molecule has 2 N–H and O–H groups in total. The van der Waals surface area contributed by atoms with E-state index in [9.17, 15) is 9.59 Å². The molecule has 0 spiro atoms. The summed E-state index contributed by atoms with van der Waals surface area (Å²) in [6, 6.07) is 18.3. The zero-order chi connectivity index (χ0) is 31.6. The van der Waals surface area contributed by atoms with Crippen molar-refractivity contribution < 1.29 is 23.8 Å². The van der Waals surface area contributed by atoms with Crippen molar-refractivity contribution in [1.29, 1.82) is 0 Å². The molecule has 0 unspecified atom stereocenters. The van der Waals surface area contributed by atoms with Gasteiger partial charge in [-0.05, 0) is 87.8 Å². The second-order valence-electron chi connectivity index (χ2n) is 10.7. The van der Waals surface area contributed by atoms with Crippen molar-refractivity contribution in [2.45, 2.75) is 71.6 Å². The molecule has 8 nitrogen and oxygen atoms in total. The van der Waals surface area contributed by atoms with Gasteiger partial charge in [0, 0.05) is 25.2 Å². The summed E-state index contributed by atoms with van der Waals surface area (Å²) in [5.41, 5.74) is 2.02. The normalized spacial score (nSPS) is 10.6. The minimum absolute atomic E-state index is 0.0994. The topological polar surface area (TPSA) is 98.8 Å². The third kappa shape index (κ3) is 12.3. The van der Waals surface area contributed by atoms with Crippen LogP contribution in [0, 0.1) is 0 Å². The molecule has 0 radical (unpaired) electrons. The molecule has 0 aliphatic rings. The van der Waals surface area contributed by atoms with Crippen LogP contribution in [0.1, 0.15) is 84.5 Å². The fourth-order valence-corrected chi connectivity index (χ4v) is 4.19. The molecule has 44 heavy (non-hydrogen) atoms. The molecule has 3 aromatic rings. The summed E-state index contributed by atoms with van der Waals surface area (Å²) in [7, 11) is 0. The summed E-state index contributed by atoms with van der Waals surface area (Å²) in [6.45, 7) is 13.1. The molecular formula is C36H45N3O5. The molecule has 1 heterocycles. The number of allylic oxidation sites excluding steroid dienone is 2. The van der Waals surface area contributed by atoms with E-state index in [4.69, 9.17) is 14.2 Å². The standard InChI is InChI=1S/C36H45N3O5/c1-5-7-9-11-21-42-30-17-13-28(14-18-30)25-37-35(40)33-23-32(44-27(3)4)24-34(39-33)36(41)38-26-29-15-19-31(20-16-29)43-22-12-10-8-6-2/h5-6,13-20,23-24,27H,1-2,7-12,21-22,25-26H2,3-4H3,(H,37,40)(H,38,41). The molecule has 0 aliphatic heterocycles.